The molecule has 0 radical (unpaired) electrons. The van der Waals surface area contributed by atoms with Gasteiger partial charge in [0.05, 0.1) is 12.7 Å². The number of ether oxygens (including phenoxy) is 1. The molecule has 1 aromatic rings. The van der Waals surface area contributed by atoms with E-state index in [0.717, 1.165) is 12.1 Å². The number of benzene rings is 1. The Morgan fingerprint density at radius 3 is 2.44 bits per heavy atom. The fraction of sp³-hybridized carbons (Fsp3) is 0.400. The largest absolute Gasteiger partial charge is 0.496 e. The standard InChI is InChI=1S/C10H13F3N2O/c1-16-9-4-6(10(11,12)13)2-3-7(9)8(15)5-14/h2-4,8H,5,14-15H2,1H3. The molecule has 90 valence electrons. The Bertz CT molecular complexity index is 366. The van der Waals surface area contributed by atoms with E-state index in [-0.39, 0.29) is 12.3 Å². The second-order valence-electron chi connectivity index (χ2n) is 3.30. The van der Waals surface area contributed by atoms with Gasteiger partial charge < -0.3 is 16.2 Å². The van der Waals surface area contributed by atoms with Crippen molar-refractivity contribution in [2.24, 2.45) is 11.5 Å². The average Bonchev–Trinajstić information content (AvgIpc) is 2.26. The number of hydrogen-bond acceptors (Lipinski definition) is 3. The van der Waals surface area contributed by atoms with E-state index in [2.05, 4.69) is 0 Å². The van der Waals surface area contributed by atoms with E-state index in [9.17, 15) is 13.2 Å². The highest BCUT2D eigenvalue weighted by Crippen LogP contribution is 2.34. The molecule has 1 atom stereocenters. The number of nitrogens with two attached hydrogens (primary N) is 2. The minimum Gasteiger partial charge on any atom is -0.496 e. The Balaban J connectivity index is 3.17. The van der Waals surface area contributed by atoms with Crippen molar-refractivity contribution in [2.45, 2.75) is 12.2 Å². The van der Waals surface area contributed by atoms with Crippen LogP contribution in [0.1, 0.15) is 17.2 Å². The van der Waals surface area contributed by atoms with Gasteiger partial charge in [0.2, 0.25) is 0 Å². The van der Waals surface area contributed by atoms with Gasteiger partial charge in [0.1, 0.15) is 5.75 Å². The van der Waals surface area contributed by atoms with Crippen LogP contribution in [0.5, 0.6) is 5.75 Å². The summed E-state index contributed by atoms with van der Waals surface area (Å²) in [5.74, 6) is 0.104. The van der Waals surface area contributed by atoms with Crippen molar-refractivity contribution in [1.29, 1.82) is 0 Å². The molecule has 0 amide bonds. The molecule has 0 fully saturated rings. The van der Waals surface area contributed by atoms with Crippen molar-refractivity contribution in [2.75, 3.05) is 13.7 Å². The van der Waals surface area contributed by atoms with Gasteiger partial charge in [-0.2, -0.15) is 13.2 Å². The van der Waals surface area contributed by atoms with Crippen molar-refractivity contribution in [3.8, 4) is 5.75 Å². The highest BCUT2D eigenvalue weighted by molar-refractivity contribution is 5.40. The Morgan fingerprint density at radius 2 is 2.00 bits per heavy atom. The van der Waals surface area contributed by atoms with Crippen molar-refractivity contribution >= 4 is 0 Å². The minimum absolute atomic E-state index is 0.104. The zero-order valence-electron chi connectivity index (χ0n) is 8.71. The van der Waals surface area contributed by atoms with Crippen LogP contribution in [0.4, 0.5) is 13.2 Å². The maximum atomic E-state index is 12.4. The highest BCUT2D eigenvalue weighted by Gasteiger charge is 2.31. The summed E-state index contributed by atoms with van der Waals surface area (Å²) < 4.78 is 42.1. The Labute approximate surface area is 91.2 Å². The Hall–Kier alpha value is -1.27. The predicted molar refractivity (Wildman–Crippen MR) is 54.0 cm³/mol. The first-order valence-electron chi connectivity index (χ1n) is 4.61. The molecular weight excluding hydrogens is 221 g/mol. The van der Waals surface area contributed by atoms with Crippen molar-refractivity contribution < 1.29 is 17.9 Å². The summed E-state index contributed by atoms with van der Waals surface area (Å²) in [7, 11) is 1.29. The molecule has 0 saturated carbocycles. The molecule has 0 saturated heterocycles. The van der Waals surface area contributed by atoms with Crippen LogP contribution in [0.3, 0.4) is 0 Å². The van der Waals surface area contributed by atoms with Crippen LogP contribution in [0.15, 0.2) is 18.2 Å². The van der Waals surface area contributed by atoms with Gasteiger partial charge in [-0.1, -0.05) is 6.07 Å². The van der Waals surface area contributed by atoms with Crippen LogP contribution < -0.4 is 16.2 Å². The zero-order chi connectivity index (χ0) is 12.3. The molecule has 4 N–H and O–H groups in total. The lowest BCUT2D eigenvalue weighted by Crippen LogP contribution is -2.21. The topological polar surface area (TPSA) is 61.3 Å². The molecule has 3 nitrogen and oxygen atoms in total. The van der Waals surface area contributed by atoms with Crippen LogP contribution in [0, 0.1) is 0 Å². The molecular formula is C10H13F3N2O. The van der Waals surface area contributed by atoms with Crippen LogP contribution in [-0.4, -0.2) is 13.7 Å². The molecule has 6 heteroatoms. The summed E-state index contributed by atoms with van der Waals surface area (Å²) in [6.07, 6.45) is -4.39. The zero-order valence-corrected chi connectivity index (χ0v) is 8.71. The van der Waals surface area contributed by atoms with Gasteiger partial charge in [-0.25, -0.2) is 0 Å². The van der Waals surface area contributed by atoms with E-state index in [1.165, 1.54) is 13.2 Å². The number of rotatable bonds is 3. The molecule has 0 aliphatic heterocycles. The molecule has 0 spiro atoms. The van der Waals surface area contributed by atoms with Gasteiger partial charge in [0.25, 0.3) is 0 Å². The van der Waals surface area contributed by atoms with Gasteiger partial charge in [-0.3, -0.25) is 0 Å². The molecule has 1 unspecified atom stereocenters. The summed E-state index contributed by atoms with van der Waals surface area (Å²) in [5.41, 5.74) is 10.7. The first kappa shape index (κ1) is 12.8. The van der Waals surface area contributed by atoms with Gasteiger partial charge in [-0.05, 0) is 12.1 Å². The fourth-order valence-corrected chi connectivity index (χ4v) is 1.32. The molecule has 0 aromatic heterocycles. The van der Waals surface area contributed by atoms with Crippen LogP contribution >= 0.6 is 0 Å². The van der Waals surface area contributed by atoms with E-state index in [1.54, 1.807) is 0 Å². The maximum Gasteiger partial charge on any atom is 0.416 e. The average molecular weight is 234 g/mol. The van der Waals surface area contributed by atoms with Crippen LogP contribution in [0.25, 0.3) is 0 Å². The number of hydrogen-bond donors (Lipinski definition) is 2. The summed E-state index contributed by atoms with van der Waals surface area (Å²) in [6, 6.07) is 2.65. The molecule has 0 bridgehead atoms. The summed E-state index contributed by atoms with van der Waals surface area (Å²) in [4.78, 5) is 0. The fourth-order valence-electron chi connectivity index (χ4n) is 1.32. The minimum atomic E-state index is -4.39. The van der Waals surface area contributed by atoms with Gasteiger partial charge in [0, 0.05) is 18.2 Å². The van der Waals surface area contributed by atoms with E-state index < -0.39 is 17.8 Å². The van der Waals surface area contributed by atoms with Crippen molar-refractivity contribution in [3.05, 3.63) is 29.3 Å². The van der Waals surface area contributed by atoms with E-state index >= 15 is 0 Å². The third-order valence-electron chi connectivity index (χ3n) is 2.21. The second-order valence-corrected chi connectivity index (χ2v) is 3.30. The molecule has 0 aliphatic rings. The lowest BCUT2D eigenvalue weighted by atomic mass is 10.0. The first-order valence-corrected chi connectivity index (χ1v) is 4.61. The molecule has 1 rings (SSSR count). The molecule has 0 heterocycles. The van der Waals surface area contributed by atoms with E-state index in [1.807, 2.05) is 0 Å². The number of alkyl halides is 3. The van der Waals surface area contributed by atoms with Gasteiger partial charge >= 0.3 is 6.18 Å². The quantitative estimate of drug-likeness (QED) is 0.836. The summed E-state index contributed by atoms with van der Waals surface area (Å²) in [6.45, 7) is 0.141. The van der Waals surface area contributed by atoms with Crippen molar-refractivity contribution in [3.63, 3.8) is 0 Å². The predicted octanol–water partition coefficient (Wildman–Crippen LogP) is 1.67. The number of methoxy groups -OCH3 is 1. The third-order valence-corrected chi connectivity index (χ3v) is 2.21. The normalized spacial score (nSPS) is 13.6. The molecule has 1 aromatic carbocycles. The van der Waals surface area contributed by atoms with Gasteiger partial charge in [0.15, 0.2) is 0 Å². The second kappa shape index (κ2) is 4.71. The molecule has 0 aliphatic carbocycles. The lowest BCUT2D eigenvalue weighted by molar-refractivity contribution is -0.137. The van der Waals surface area contributed by atoms with Gasteiger partial charge in [-0.15, -0.1) is 0 Å². The molecule has 16 heavy (non-hydrogen) atoms. The number of halogens is 3. The van der Waals surface area contributed by atoms with E-state index in [4.69, 9.17) is 16.2 Å². The Morgan fingerprint density at radius 1 is 1.38 bits per heavy atom. The monoisotopic (exact) mass is 234 g/mol. The highest BCUT2D eigenvalue weighted by atomic mass is 19.4. The van der Waals surface area contributed by atoms with Crippen molar-refractivity contribution in [1.82, 2.24) is 0 Å². The SMILES string of the molecule is COc1cc(C(F)(F)F)ccc1C(N)CN. The smallest absolute Gasteiger partial charge is 0.416 e. The third kappa shape index (κ3) is 2.65. The van der Waals surface area contributed by atoms with E-state index in [0.29, 0.717) is 5.56 Å². The van der Waals surface area contributed by atoms with Crippen LogP contribution in [0.2, 0.25) is 0 Å². The lowest BCUT2D eigenvalue weighted by Gasteiger charge is -2.16. The first-order chi connectivity index (χ1) is 7.40. The Kier molecular flexibility index (Phi) is 3.77. The van der Waals surface area contributed by atoms with Crippen LogP contribution in [-0.2, 0) is 6.18 Å². The maximum absolute atomic E-state index is 12.4. The summed E-state index contributed by atoms with van der Waals surface area (Å²) in [5, 5.41) is 0. The summed E-state index contributed by atoms with van der Waals surface area (Å²) >= 11 is 0.